The summed E-state index contributed by atoms with van der Waals surface area (Å²) in [5, 5.41) is 8.98. The lowest BCUT2D eigenvalue weighted by molar-refractivity contribution is -0.0407. The van der Waals surface area contributed by atoms with Crippen LogP contribution in [0.4, 0.5) is 13.2 Å². The number of rotatable bonds is 2. The summed E-state index contributed by atoms with van der Waals surface area (Å²) in [5.74, 6) is -1.78. The molecule has 0 aromatic carbocycles. The zero-order valence-corrected chi connectivity index (χ0v) is 17.2. The second-order valence-electron chi connectivity index (χ2n) is 7.86. The molecule has 0 amide bonds. The van der Waals surface area contributed by atoms with Gasteiger partial charge < -0.3 is 4.40 Å². The van der Waals surface area contributed by atoms with E-state index < -0.39 is 36.4 Å². The molecular weight excluding hydrogens is 426 g/mol. The molecule has 0 spiro atoms. The van der Waals surface area contributed by atoms with Crippen LogP contribution < -0.4 is 5.56 Å². The Labute approximate surface area is 178 Å². The standard InChI is InChI=1S/C20H15BF3N5OS/c1-11-6-28-7-12(4-13(22)18(28)27-11)15-5-14-17(31-15)19(30)29(10-26-14)16-2-3-21(9-25)8-20(16,23)24/h4-7,10,16H,2-3,8H2,1H3. The lowest BCUT2D eigenvalue weighted by Crippen LogP contribution is -2.43. The number of nitriles is 1. The Morgan fingerprint density at radius 1 is 1.35 bits per heavy atom. The van der Waals surface area contributed by atoms with Crippen molar-refractivity contribution in [3.63, 3.8) is 0 Å². The van der Waals surface area contributed by atoms with E-state index in [2.05, 4.69) is 9.97 Å². The van der Waals surface area contributed by atoms with Gasteiger partial charge in [0.1, 0.15) is 10.7 Å². The number of thiophene rings is 1. The van der Waals surface area contributed by atoms with Gasteiger partial charge in [0, 0.05) is 35.1 Å². The molecule has 0 N–H and O–H groups in total. The summed E-state index contributed by atoms with van der Waals surface area (Å²) in [5.41, 5.74) is 1.23. The van der Waals surface area contributed by atoms with Crippen molar-refractivity contribution >= 4 is 33.9 Å². The summed E-state index contributed by atoms with van der Waals surface area (Å²) < 4.78 is 46.6. The molecule has 156 valence electrons. The van der Waals surface area contributed by atoms with Gasteiger partial charge in [0.25, 0.3) is 18.2 Å². The Morgan fingerprint density at radius 2 is 2.16 bits per heavy atom. The zero-order valence-electron chi connectivity index (χ0n) is 16.3. The van der Waals surface area contributed by atoms with E-state index in [1.807, 2.05) is 5.97 Å². The van der Waals surface area contributed by atoms with Crippen molar-refractivity contribution in [1.82, 2.24) is 18.9 Å². The van der Waals surface area contributed by atoms with Gasteiger partial charge in [0.05, 0.1) is 17.5 Å². The Morgan fingerprint density at radius 3 is 2.90 bits per heavy atom. The van der Waals surface area contributed by atoms with Crippen LogP contribution in [0, 0.1) is 24.0 Å². The number of hydrogen-bond donors (Lipinski definition) is 0. The number of nitrogens with zero attached hydrogens (tertiary/aromatic N) is 5. The maximum absolute atomic E-state index is 14.7. The summed E-state index contributed by atoms with van der Waals surface area (Å²) >= 11 is 1.09. The molecule has 0 saturated carbocycles. The molecule has 1 fully saturated rings. The van der Waals surface area contributed by atoms with E-state index >= 15 is 0 Å². The number of halogens is 3. The minimum Gasteiger partial charge on any atom is -0.304 e. The van der Waals surface area contributed by atoms with Crippen LogP contribution in [0.5, 0.6) is 0 Å². The van der Waals surface area contributed by atoms with E-state index in [9.17, 15) is 18.0 Å². The Hall–Kier alpha value is -3.13. The topological polar surface area (TPSA) is 76.0 Å². The van der Waals surface area contributed by atoms with E-state index in [4.69, 9.17) is 5.26 Å². The third-order valence-corrected chi connectivity index (χ3v) is 6.85. The van der Waals surface area contributed by atoms with Crippen LogP contribution in [0.2, 0.25) is 12.6 Å². The van der Waals surface area contributed by atoms with Gasteiger partial charge >= 0.3 is 0 Å². The number of aromatic nitrogens is 4. The van der Waals surface area contributed by atoms with E-state index in [0.717, 1.165) is 22.2 Å². The fourth-order valence-corrected chi connectivity index (χ4v) is 5.22. The third-order valence-electron chi connectivity index (χ3n) is 5.69. The van der Waals surface area contributed by atoms with Gasteiger partial charge in [-0.1, -0.05) is 6.32 Å². The van der Waals surface area contributed by atoms with Gasteiger partial charge in [-0.25, -0.2) is 28.4 Å². The molecule has 1 aliphatic rings. The van der Waals surface area contributed by atoms with E-state index in [1.54, 1.807) is 29.8 Å². The molecular formula is C20H15BF3N5OS. The van der Waals surface area contributed by atoms with Crippen LogP contribution >= 0.6 is 11.3 Å². The monoisotopic (exact) mass is 441 g/mol. The summed E-state index contributed by atoms with van der Waals surface area (Å²) in [6.45, 7) is 1.04. The number of fused-ring (bicyclic) bond motifs is 2. The molecule has 4 aromatic heterocycles. The second kappa shape index (κ2) is 6.95. The molecule has 31 heavy (non-hydrogen) atoms. The van der Waals surface area contributed by atoms with Crippen molar-refractivity contribution in [2.45, 2.75) is 37.9 Å². The van der Waals surface area contributed by atoms with Crippen molar-refractivity contribution in [3.8, 4) is 16.4 Å². The van der Waals surface area contributed by atoms with Crippen molar-refractivity contribution in [2.24, 2.45) is 0 Å². The summed E-state index contributed by atoms with van der Waals surface area (Å²) in [6.07, 6.45) is 4.31. The van der Waals surface area contributed by atoms with Crippen molar-refractivity contribution in [1.29, 1.82) is 5.26 Å². The van der Waals surface area contributed by atoms with Gasteiger partial charge in [-0.05, 0) is 25.5 Å². The number of pyridine rings is 1. The highest BCUT2D eigenvalue weighted by molar-refractivity contribution is 7.22. The van der Waals surface area contributed by atoms with E-state index in [-0.39, 0.29) is 16.8 Å². The SMILES string of the molecule is Cc1cn2cc(-c3cc4ncn(C5CCB(C#N)CC5(F)F)c(=O)c4s3)cc(F)c2n1. The highest BCUT2D eigenvalue weighted by atomic mass is 32.1. The largest absolute Gasteiger partial charge is 0.304 e. The van der Waals surface area contributed by atoms with Crippen molar-refractivity contribution < 1.29 is 13.2 Å². The molecule has 1 aliphatic heterocycles. The average Bonchev–Trinajstić information content (AvgIpc) is 3.32. The lowest BCUT2D eigenvalue weighted by Gasteiger charge is -2.33. The Balaban J connectivity index is 1.59. The Kier molecular flexibility index (Phi) is 4.44. The molecule has 1 unspecified atom stereocenters. The molecule has 1 saturated heterocycles. The minimum atomic E-state index is -3.18. The molecule has 4 aromatic rings. The average molecular weight is 441 g/mol. The highest BCUT2D eigenvalue weighted by Crippen LogP contribution is 2.42. The van der Waals surface area contributed by atoms with Crippen LogP contribution in [-0.2, 0) is 0 Å². The molecule has 0 aliphatic carbocycles. The summed E-state index contributed by atoms with van der Waals surface area (Å²) in [4.78, 5) is 22.0. The quantitative estimate of drug-likeness (QED) is 0.434. The van der Waals surface area contributed by atoms with Crippen molar-refractivity contribution in [2.75, 3.05) is 0 Å². The van der Waals surface area contributed by atoms with Crippen LogP contribution in [0.15, 0.2) is 35.6 Å². The number of aryl methyl sites for hydroxylation is 1. The predicted molar refractivity (Wildman–Crippen MR) is 112 cm³/mol. The summed E-state index contributed by atoms with van der Waals surface area (Å²) in [7, 11) is 0. The van der Waals surface area contributed by atoms with Gasteiger partial charge in [0.15, 0.2) is 11.5 Å². The maximum atomic E-state index is 14.7. The molecule has 6 nitrogen and oxygen atoms in total. The molecule has 5 rings (SSSR count). The van der Waals surface area contributed by atoms with Crippen molar-refractivity contribution in [3.05, 3.63) is 52.7 Å². The predicted octanol–water partition coefficient (Wildman–Crippen LogP) is 4.36. The third kappa shape index (κ3) is 3.22. The van der Waals surface area contributed by atoms with Crippen LogP contribution in [0.1, 0.15) is 18.2 Å². The minimum absolute atomic E-state index is 0.0262. The number of hydrogen-bond acceptors (Lipinski definition) is 5. The first kappa shape index (κ1) is 19.8. The number of imidazole rings is 1. The van der Waals surface area contributed by atoms with Gasteiger partial charge in [-0.2, -0.15) is 0 Å². The van der Waals surface area contributed by atoms with E-state index in [0.29, 0.717) is 28.0 Å². The van der Waals surface area contributed by atoms with Gasteiger partial charge in [0.2, 0.25) is 0 Å². The molecule has 11 heteroatoms. The second-order valence-corrected chi connectivity index (χ2v) is 8.91. The van der Waals surface area contributed by atoms with Crippen LogP contribution in [0.3, 0.4) is 0 Å². The fourth-order valence-electron chi connectivity index (χ4n) is 4.19. The fraction of sp³-hybridized carbons (Fsp3) is 0.300. The first-order valence-corrected chi connectivity index (χ1v) is 10.5. The smallest absolute Gasteiger partial charge is 0.273 e. The maximum Gasteiger partial charge on any atom is 0.273 e. The molecule has 5 heterocycles. The molecule has 1 atom stereocenters. The highest BCUT2D eigenvalue weighted by Gasteiger charge is 2.48. The van der Waals surface area contributed by atoms with E-state index in [1.165, 1.54) is 6.07 Å². The first-order valence-electron chi connectivity index (χ1n) is 9.70. The van der Waals surface area contributed by atoms with Crippen LogP contribution in [0.25, 0.3) is 26.3 Å². The summed E-state index contributed by atoms with van der Waals surface area (Å²) in [6, 6.07) is 1.65. The molecule has 0 bridgehead atoms. The molecule has 0 radical (unpaired) electrons. The van der Waals surface area contributed by atoms with Gasteiger partial charge in [-0.15, -0.1) is 11.3 Å². The number of alkyl halides is 2. The zero-order chi connectivity index (χ0) is 21.9. The lowest BCUT2D eigenvalue weighted by atomic mass is 9.41. The normalized spacial score (nSPS) is 18.5. The first-order chi connectivity index (χ1) is 14.8. The Bertz CT molecular complexity index is 1440. The van der Waals surface area contributed by atoms with Gasteiger partial charge in [-0.3, -0.25) is 9.36 Å². The van der Waals surface area contributed by atoms with Crippen LogP contribution in [-0.4, -0.2) is 31.6 Å².